The van der Waals surface area contributed by atoms with E-state index in [0.29, 0.717) is 12.8 Å². The van der Waals surface area contributed by atoms with Crippen LogP contribution < -0.4 is 0 Å². The summed E-state index contributed by atoms with van der Waals surface area (Å²) in [6.45, 7) is 5.48. The Kier molecular flexibility index (Phi) is 6.43. The van der Waals surface area contributed by atoms with Crippen molar-refractivity contribution in [2.24, 2.45) is 4.40 Å². The van der Waals surface area contributed by atoms with Gasteiger partial charge in [-0.25, -0.2) is 8.78 Å². The maximum atomic E-state index is 13.5. The van der Waals surface area contributed by atoms with Crippen molar-refractivity contribution in [2.45, 2.75) is 43.7 Å². The van der Waals surface area contributed by atoms with E-state index in [4.69, 9.17) is 11.6 Å². The first kappa shape index (κ1) is 17.4. The molecule has 0 spiro atoms. The Hall–Kier alpha value is -0.650. The molecule has 2 atom stereocenters. The fraction of sp³-hybridized carbons (Fsp3) is 0.500. The van der Waals surface area contributed by atoms with Crippen molar-refractivity contribution >= 4 is 29.2 Å². The number of alkyl halides is 1. The van der Waals surface area contributed by atoms with Crippen LogP contribution in [0.5, 0.6) is 0 Å². The molecule has 0 bridgehead atoms. The Morgan fingerprint density at radius 2 is 2.05 bits per heavy atom. The van der Waals surface area contributed by atoms with E-state index in [1.54, 1.807) is 0 Å². The van der Waals surface area contributed by atoms with Crippen molar-refractivity contribution < 1.29 is 13.3 Å². The molecule has 0 aliphatic rings. The predicted octanol–water partition coefficient (Wildman–Crippen LogP) is 4.56. The van der Waals surface area contributed by atoms with Gasteiger partial charge in [0.05, 0.1) is 11.6 Å². The first-order valence-corrected chi connectivity index (χ1v) is 7.79. The fourth-order valence-electron chi connectivity index (χ4n) is 1.41. The number of halogens is 3. The van der Waals surface area contributed by atoms with Gasteiger partial charge in [-0.1, -0.05) is 4.40 Å². The van der Waals surface area contributed by atoms with Crippen LogP contribution in [0.4, 0.5) is 8.78 Å². The summed E-state index contributed by atoms with van der Waals surface area (Å²) in [5.41, 5.74) is 0.136. The van der Waals surface area contributed by atoms with Crippen LogP contribution >= 0.6 is 11.6 Å². The molecular weight excluding hydrogens is 304 g/mol. The Morgan fingerprint density at radius 1 is 1.40 bits per heavy atom. The van der Waals surface area contributed by atoms with E-state index in [0.717, 1.165) is 18.2 Å². The molecule has 0 aliphatic heterocycles. The Labute approximate surface area is 126 Å². The van der Waals surface area contributed by atoms with Crippen LogP contribution in [-0.4, -0.2) is 15.5 Å². The van der Waals surface area contributed by atoms with Gasteiger partial charge in [0.25, 0.3) is 0 Å². The number of rotatable bonds is 5. The molecule has 0 radical (unpaired) electrons. The minimum atomic E-state index is -1.31. The smallest absolute Gasteiger partial charge is 0.144 e. The number of hydrogen-bond donors (Lipinski definition) is 0. The quantitative estimate of drug-likeness (QED) is 0.445. The lowest BCUT2D eigenvalue weighted by Gasteiger charge is -2.17. The molecule has 0 heterocycles. The molecule has 0 aliphatic carbocycles. The van der Waals surface area contributed by atoms with Gasteiger partial charge < -0.3 is 4.55 Å². The first-order valence-electron chi connectivity index (χ1n) is 6.25. The molecule has 0 saturated carbocycles. The SMILES string of the molecule is CC(C)(C)[S+]([O-])/N=C/CCC(Cl)c1cc(F)ccc1F. The highest BCUT2D eigenvalue weighted by Gasteiger charge is 2.25. The second kappa shape index (κ2) is 7.38. The highest BCUT2D eigenvalue weighted by molar-refractivity contribution is 7.91. The van der Waals surface area contributed by atoms with Crippen LogP contribution in [0.25, 0.3) is 0 Å². The standard InChI is InChI=1S/C14H18ClF2NOS/c1-14(2,3)20(19)18-8-4-5-12(15)11-9-10(16)6-7-13(11)17/h6-9,12H,4-5H2,1-3H3/b18-8+. The zero-order valence-electron chi connectivity index (χ0n) is 11.7. The van der Waals surface area contributed by atoms with E-state index in [9.17, 15) is 13.3 Å². The summed E-state index contributed by atoms with van der Waals surface area (Å²) in [6, 6.07) is 3.20. The van der Waals surface area contributed by atoms with E-state index < -0.39 is 33.1 Å². The van der Waals surface area contributed by atoms with Crippen LogP contribution in [0, 0.1) is 11.6 Å². The largest absolute Gasteiger partial charge is 0.591 e. The second-order valence-electron chi connectivity index (χ2n) is 5.36. The summed E-state index contributed by atoms with van der Waals surface area (Å²) in [5.74, 6) is -1.05. The van der Waals surface area contributed by atoms with Gasteiger partial charge in [-0.3, -0.25) is 0 Å². The van der Waals surface area contributed by atoms with Gasteiger partial charge in [0.1, 0.15) is 27.7 Å². The maximum Gasteiger partial charge on any atom is 0.144 e. The lowest BCUT2D eigenvalue weighted by atomic mass is 10.1. The Bertz CT molecular complexity index is 477. The van der Waals surface area contributed by atoms with Gasteiger partial charge in [0.15, 0.2) is 0 Å². The van der Waals surface area contributed by atoms with E-state index in [-0.39, 0.29) is 5.56 Å². The lowest BCUT2D eigenvalue weighted by molar-refractivity contribution is 0.561. The third-order valence-electron chi connectivity index (χ3n) is 2.54. The molecule has 0 saturated heterocycles. The molecule has 0 fully saturated rings. The molecule has 0 aromatic heterocycles. The van der Waals surface area contributed by atoms with Gasteiger partial charge in [-0.15, -0.1) is 11.6 Å². The first-order chi connectivity index (χ1) is 9.21. The summed E-state index contributed by atoms with van der Waals surface area (Å²) in [4.78, 5) is 0. The van der Waals surface area contributed by atoms with Crippen LogP contribution in [-0.2, 0) is 11.4 Å². The molecule has 1 rings (SSSR count). The van der Waals surface area contributed by atoms with Crippen LogP contribution in [0.2, 0.25) is 0 Å². The molecule has 1 aromatic carbocycles. The fourth-order valence-corrected chi connectivity index (χ4v) is 2.26. The molecule has 2 nitrogen and oxygen atoms in total. The molecule has 0 amide bonds. The molecular formula is C14H18ClF2NOS. The highest BCUT2D eigenvalue weighted by atomic mass is 35.5. The maximum absolute atomic E-state index is 13.5. The van der Waals surface area contributed by atoms with Crippen molar-refractivity contribution in [1.82, 2.24) is 0 Å². The minimum absolute atomic E-state index is 0.136. The molecule has 2 unspecified atom stereocenters. The average Bonchev–Trinajstić information content (AvgIpc) is 2.35. The molecule has 1 aromatic rings. The van der Waals surface area contributed by atoms with Crippen LogP contribution in [0.1, 0.15) is 44.6 Å². The van der Waals surface area contributed by atoms with Crippen molar-refractivity contribution in [3.05, 3.63) is 35.4 Å². The van der Waals surface area contributed by atoms with Crippen molar-refractivity contribution in [3.8, 4) is 0 Å². The summed E-state index contributed by atoms with van der Waals surface area (Å²) < 4.78 is 41.7. The van der Waals surface area contributed by atoms with E-state index in [2.05, 4.69) is 4.40 Å². The van der Waals surface area contributed by atoms with Gasteiger partial charge in [-0.05, 0) is 51.8 Å². The second-order valence-corrected chi connectivity index (χ2v) is 7.82. The molecule has 112 valence electrons. The van der Waals surface area contributed by atoms with Crippen LogP contribution in [0.15, 0.2) is 22.6 Å². The van der Waals surface area contributed by atoms with Gasteiger partial charge in [0, 0.05) is 5.56 Å². The third-order valence-corrected chi connectivity index (χ3v) is 4.38. The molecule has 20 heavy (non-hydrogen) atoms. The Balaban J connectivity index is 2.54. The van der Waals surface area contributed by atoms with Gasteiger partial charge in [-0.2, -0.15) is 0 Å². The highest BCUT2D eigenvalue weighted by Crippen LogP contribution is 2.28. The normalized spacial score (nSPS) is 15.6. The zero-order valence-corrected chi connectivity index (χ0v) is 13.3. The zero-order chi connectivity index (χ0) is 15.3. The number of benzene rings is 1. The lowest BCUT2D eigenvalue weighted by Crippen LogP contribution is -2.25. The summed E-state index contributed by atoms with van der Waals surface area (Å²) in [7, 11) is 0. The van der Waals surface area contributed by atoms with Crippen LogP contribution in [0.3, 0.4) is 0 Å². The van der Waals surface area contributed by atoms with Gasteiger partial charge in [0.2, 0.25) is 0 Å². The molecule has 6 heteroatoms. The summed E-state index contributed by atoms with van der Waals surface area (Å²) in [6.07, 6.45) is 2.37. The number of nitrogens with zero attached hydrogens (tertiary/aromatic N) is 1. The van der Waals surface area contributed by atoms with E-state index in [1.807, 2.05) is 20.8 Å². The third kappa shape index (κ3) is 5.38. The van der Waals surface area contributed by atoms with Crippen molar-refractivity contribution in [1.29, 1.82) is 0 Å². The summed E-state index contributed by atoms with van der Waals surface area (Å²) in [5, 5.41) is -0.639. The van der Waals surface area contributed by atoms with Crippen molar-refractivity contribution in [2.75, 3.05) is 0 Å². The van der Waals surface area contributed by atoms with E-state index in [1.165, 1.54) is 6.21 Å². The monoisotopic (exact) mass is 321 g/mol. The minimum Gasteiger partial charge on any atom is -0.591 e. The summed E-state index contributed by atoms with van der Waals surface area (Å²) >= 11 is 4.73. The van der Waals surface area contributed by atoms with Crippen molar-refractivity contribution in [3.63, 3.8) is 0 Å². The predicted molar refractivity (Wildman–Crippen MR) is 80.6 cm³/mol. The average molecular weight is 322 g/mol. The Morgan fingerprint density at radius 3 is 2.65 bits per heavy atom. The van der Waals surface area contributed by atoms with Gasteiger partial charge >= 0.3 is 0 Å². The topological polar surface area (TPSA) is 35.4 Å². The van der Waals surface area contributed by atoms with E-state index >= 15 is 0 Å². The number of hydrogen-bond acceptors (Lipinski definition) is 2. The molecule has 0 N–H and O–H groups in total.